The average Bonchev–Trinajstić information content (AvgIpc) is 2.89. The average molecular weight is 476 g/mol. The first-order valence-corrected chi connectivity index (χ1v) is 11.1. The van der Waals surface area contributed by atoms with E-state index in [1.807, 2.05) is 55.4 Å². The number of benzene rings is 3. The van der Waals surface area contributed by atoms with Crippen molar-refractivity contribution in [3.8, 4) is 17.2 Å². The van der Waals surface area contributed by atoms with E-state index in [9.17, 15) is 9.59 Å². The van der Waals surface area contributed by atoms with Gasteiger partial charge < -0.3 is 19.1 Å². The molecule has 1 heterocycles. The van der Waals surface area contributed by atoms with E-state index in [1.54, 1.807) is 44.6 Å². The summed E-state index contributed by atoms with van der Waals surface area (Å²) in [5, 5.41) is 0. The molecular formula is C27H29N3O5. The highest BCUT2D eigenvalue weighted by Gasteiger charge is 2.43. The van der Waals surface area contributed by atoms with Crippen LogP contribution in [0.25, 0.3) is 0 Å². The van der Waals surface area contributed by atoms with Crippen molar-refractivity contribution in [1.82, 2.24) is 0 Å². The van der Waals surface area contributed by atoms with Gasteiger partial charge >= 0.3 is 0 Å². The van der Waals surface area contributed by atoms with Crippen LogP contribution in [0.2, 0.25) is 0 Å². The number of para-hydroxylation sites is 2. The van der Waals surface area contributed by atoms with Gasteiger partial charge in [-0.2, -0.15) is 0 Å². The Morgan fingerprint density at radius 1 is 0.800 bits per heavy atom. The number of amides is 2. The maximum absolute atomic E-state index is 14.1. The number of piperazine rings is 1. The molecule has 0 spiro atoms. The lowest BCUT2D eigenvalue weighted by atomic mass is 9.98. The van der Waals surface area contributed by atoms with Gasteiger partial charge in [0.25, 0.3) is 5.91 Å². The Kier molecular flexibility index (Phi) is 6.82. The summed E-state index contributed by atoms with van der Waals surface area (Å²) in [6.45, 7) is -0.147. The van der Waals surface area contributed by atoms with E-state index in [0.717, 1.165) is 5.69 Å². The molecule has 1 fully saturated rings. The van der Waals surface area contributed by atoms with Crippen LogP contribution in [0.4, 0.5) is 17.1 Å². The highest BCUT2D eigenvalue weighted by atomic mass is 16.5. The molecule has 2 amide bonds. The van der Waals surface area contributed by atoms with Gasteiger partial charge in [-0.1, -0.05) is 24.3 Å². The third-order valence-electron chi connectivity index (χ3n) is 6.07. The van der Waals surface area contributed by atoms with Crippen molar-refractivity contribution in [2.24, 2.45) is 0 Å². The van der Waals surface area contributed by atoms with Crippen molar-refractivity contribution in [1.29, 1.82) is 0 Å². The predicted molar refractivity (Wildman–Crippen MR) is 136 cm³/mol. The predicted octanol–water partition coefficient (Wildman–Crippen LogP) is 3.90. The number of hydrogen-bond donors (Lipinski definition) is 0. The molecule has 35 heavy (non-hydrogen) atoms. The third kappa shape index (κ3) is 4.47. The number of hydrogen-bond acceptors (Lipinski definition) is 6. The molecule has 0 bridgehead atoms. The zero-order valence-corrected chi connectivity index (χ0v) is 20.5. The summed E-state index contributed by atoms with van der Waals surface area (Å²) in [6.07, 6.45) is 0. The zero-order chi connectivity index (χ0) is 25.1. The number of carbonyl (C=O) groups excluding carboxylic acids is 2. The Hall–Kier alpha value is -4.20. The molecule has 3 aromatic rings. The number of methoxy groups -OCH3 is 3. The van der Waals surface area contributed by atoms with Crippen LogP contribution in [-0.4, -0.2) is 53.8 Å². The smallest absolute Gasteiger partial charge is 0.255 e. The number of rotatable bonds is 7. The van der Waals surface area contributed by atoms with Crippen LogP contribution in [0.5, 0.6) is 17.2 Å². The molecule has 0 aromatic heterocycles. The molecule has 0 saturated carbocycles. The molecule has 0 aliphatic carbocycles. The van der Waals surface area contributed by atoms with Gasteiger partial charge in [0.15, 0.2) is 0 Å². The largest absolute Gasteiger partial charge is 0.497 e. The van der Waals surface area contributed by atoms with E-state index in [-0.39, 0.29) is 18.4 Å². The van der Waals surface area contributed by atoms with Crippen LogP contribution in [0.15, 0.2) is 66.7 Å². The molecule has 1 aliphatic rings. The van der Waals surface area contributed by atoms with Gasteiger partial charge in [-0.15, -0.1) is 0 Å². The molecule has 8 heteroatoms. The van der Waals surface area contributed by atoms with E-state index in [1.165, 1.54) is 16.9 Å². The fraction of sp³-hybridized carbons (Fsp3) is 0.259. The Bertz CT molecular complexity index is 1230. The zero-order valence-electron chi connectivity index (χ0n) is 20.5. The van der Waals surface area contributed by atoms with E-state index in [4.69, 9.17) is 14.2 Å². The summed E-state index contributed by atoms with van der Waals surface area (Å²) in [5.41, 5.74) is 2.67. The molecule has 0 N–H and O–H groups in total. The summed E-state index contributed by atoms with van der Waals surface area (Å²) in [5.74, 6) is 1.02. The molecule has 0 radical (unpaired) electrons. The van der Waals surface area contributed by atoms with Crippen molar-refractivity contribution < 1.29 is 23.8 Å². The summed E-state index contributed by atoms with van der Waals surface area (Å²) in [4.78, 5) is 32.8. The molecule has 1 atom stereocenters. The van der Waals surface area contributed by atoms with Crippen molar-refractivity contribution in [3.63, 3.8) is 0 Å². The van der Waals surface area contributed by atoms with Crippen molar-refractivity contribution in [2.45, 2.75) is 6.04 Å². The molecule has 3 aromatic carbocycles. The van der Waals surface area contributed by atoms with E-state index < -0.39 is 6.04 Å². The summed E-state index contributed by atoms with van der Waals surface area (Å²) in [7, 11) is 8.52. The lowest BCUT2D eigenvalue weighted by Crippen LogP contribution is -2.56. The van der Waals surface area contributed by atoms with Crippen molar-refractivity contribution >= 4 is 28.9 Å². The van der Waals surface area contributed by atoms with Crippen LogP contribution in [0.3, 0.4) is 0 Å². The van der Waals surface area contributed by atoms with Gasteiger partial charge in [-0.05, 0) is 42.0 Å². The highest BCUT2D eigenvalue weighted by Crippen LogP contribution is 2.42. The fourth-order valence-electron chi connectivity index (χ4n) is 4.25. The second-order valence-corrected chi connectivity index (χ2v) is 8.29. The van der Waals surface area contributed by atoms with Gasteiger partial charge in [-0.3, -0.25) is 19.4 Å². The first kappa shape index (κ1) is 23.9. The SMILES string of the molecule is COc1ccc(OC)c(N2C(=O)CN(c3ccccc3OC)C(=O)[C@H]2c2ccc(N(C)C)cc2)c1. The van der Waals surface area contributed by atoms with Crippen molar-refractivity contribution in [2.75, 3.05) is 56.7 Å². The van der Waals surface area contributed by atoms with E-state index in [2.05, 4.69) is 0 Å². The normalized spacial score (nSPS) is 15.7. The summed E-state index contributed by atoms with van der Waals surface area (Å²) in [6, 6.07) is 19.0. The Morgan fingerprint density at radius 3 is 2.09 bits per heavy atom. The van der Waals surface area contributed by atoms with Crippen LogP contribution in [0.1, 0.15) is 11.6 Å². The monoisotopic (exact) mass is 475 g/mol. The molecule has 1 aliphatic heterocycles. The minimum Gasteiger partial charge on any atom is -0.497 e. The van der Waals surface area contributed by atoms with Gasteiger partial charge in [0.2, 0.25) is 5.91 Å². The van der Waals surface area contributed by atoms with E-state index in [0.29, 0.717) is 34.2 Å². The van der Waals surface area contributed by atoms with Crippen molar-refractivity contribution in [3.05, 3.63) is 72.3 Å². The fourth-order valence-corrected chi connectivity index (χ4v) is 4.25. The number of carbonyl (C=O) groups is 2. The number of anilines is 3. The molecule has 1 saturated heterocycles. The second-order valence-electron chi connectivity index (χ2n) is 8.29. The third-order valence-corrected chi connectivity index (χ3v) is 6.07. The summed E-state index contributed by atoms with van der Waals surface area (Å²) < 4.78 is 16.4. The number of nitrogens with zero attached hydrogens (tertiary/aromatic N) is 3. The van der Waals surface area contributed by atoms with Gasteiger partial charge in [0, 0.05) is 25.8 Å². The van der Waals surface area contributed by atoms with Gasteiger partial charge in [-0.25, -0.2) is 0 Å². The minimum atomic E-state index is -0.918. The van der Waals surface area contributed by atoms with Crippen LogP contribution in [-0.2, 0) is 9.59 Å². The first-order valence-electron chi connectivity index (χ1n) is 11.1. The molecule has 4 rings (SSSR count). The second kappa shape index (κ2) is 9.97. The Labute approximate surface area is 205 Å². The van der Waals surface area contributed by atoms with Crippen LogP contribution < -0.4 is 28.9 Å². The molecule has 182 valence electrons. The van der Waals surface area contributed by atoms with Gasteiger partial charge in [0.1, 0.15) is 29.8 Å². The quantitative estimate of drug-likeness (QED) is 0.516. The standard InChI is InChI=1S/C27H29N3O5/c1-28(2)19-12-10-18(11-13-19)26-27(32)29(21-8-6-7-9-23(21)34-4)17-25(31)30(26)22-16-20(33-3)14-15-24(22)35-5/h6-16,26H,17H2,1-5H3/t26-/m1/s1. The molecule has 8 nitrogen and oxygen atoms in total. The first-order chi connectivity index (χ1) is 16.9. The van der Waals surface area contributed by atoms with Gasteiger partial charge in [0.05, 0.1) is 32.7 Å². The lowest BCUT2D eigenvalue weighted by Gasteiger charge is -2.41. The Balaban J connectivity index is 1.88. The van der Waals surface area contributed by atoms with Crippen LogP contribution in [0, 0.1) is 0 Å². The topological polar surface area (TPSA) is 71.5 Å². The molecular weight excluding hydrogens is 446 g/mol. The van der Waals surface area contributed by atoms with Crippen LogP contribution >= 0.6 is 0 Å². The van der Waals surface area contributed by atoms with E-state index >= 15 is 0 Å². The maximum atomic E-state index is 14.1. The summed E-state index contributed by atoms with van der Waals surface area (Å²) >= 11 is 0. The lowest BCUT2D eigenvalue weighted by molar-refractivity contribution is -0.128. The maximum Gasteiger partial charge on any atom is 0.255 e. The highest BCUT2D eigenvalue weighted by molar-refractivity contribution is 6.15. The number of ether oxygens (including phenoxy) is 3. The minimum absolute atomic E-state index is 0.147. The Morgan fingerprint density at radius 2 is 1.46 bits per heavy atom. The molecule has 0 unspecified atom stereocenters.